The van der Waals surface area contributed by atoms with E-state index in [1.54, 1.807) is 6.07 Å². The molecule has 3 aromatic rings. The molecule has 0 fully saturated rings. The Morgan fingerprint density at radius 3 is 2.81 bits per heavy atom. The van der Waals surface area contributed by atoms with Crippen LogP contribution in [0.3, 0.4) is 0 Å². The first-order chi connectivity index (χ1) is 10.2. The zero-order chi connectivity index (χ0) is 14.8. The maximum absolute atomic E-state index is 5.91. The highest BCUT2D eigenvalue weighted by molar-refractivity contribution is 6.29. The first kappa shape index (κ1) is 14.2. The molecule has 4 nitrogen and oxygen atoms in total. The summed E-state index contributed by atoms with van der Waals surface area (Å²) < 4.78 is 1.81. The number of para-hydroxylation sites is 1. The minimum absolute atomic E-state index is 0.272. The van der Waals surface area contributed by atoms with Crippen LogP contribution in [0.15, 0.2) is 36.4 Å². The van der Waals surface area contributed by atoms with Gasteiger partial charge in [-0.1, -0.05) is 29.8 Å². The van der Waals surface area contributed by atoms with Crippen LogP contribution < -0.4 is 4.84 Å². The molecule has 0 unspecified atom stereocenters. The molecule has 1 aromatic carbocycles. The van der Waals surface area contributed by atoms with E-state index in [4.69, 9.17) is 28.0 Å². The van der Waals surface area contributed by atoms with E-state index in [0.717, 1.165) is 22.2 Å². The molecule has 0 saturated carbocycles. The first-order valence-electron chi connectivity index (χ1n) is 6.46. The SMILES string of the molecule is Cc1cc2ccccc2n1OCc1cc(Cl)nnc1CCl. The molecule has 21 heavy (non-hydrogen) atoms. The number of fused-ring (bicyclic) bond motifs is 1. The molecule has 2 aromatic heterocycles. The van der Waals surface area contributed by atoms with E-state index < -0.39 is 0 Å². The van der Waals surface area contributed by atoms with Gasteiger partial charge in [0.05, 0.1) is 22.8 Å². The molecular weight excluding hydrogens is 309 g/mol. The van der Waals surface area contributed by atoms with Gasteiger partial charge in [0.15, 0.2) is 5.15 Å². The highest BCUT2D eigenvalue weighted by Gasteiger charge is 2.10. The van der Waals surface area contributed by atoms with Gasteiger partial charge < -0.3 is 4.84 Å². The molecule has 0 saturated heterocycles. The van der Waals surface area contributed by atoms with Crippen molar-refractivity contribution in [2.24, 2.45) is 0 Å². The lowest BCUT2D eigenvalue weighted by Gasteiger charge is -2.12. The molecule has 2 heterocycles. The zero-order valence-electron chi connectivity index (χ0n) is 11.4. The molecule has 0 aliphatic carbocycles. The second-order valence-electron chi connectivity index (χ2n) is 4.68. The average Bonchev–Trinajstić information content (AvgIpc) is 2.81. The van der Waals surface area contributed by atoms with Gasteiger partial charge in [-0.2, -0.15) is 9.83 Å². The Morgan fingerprint density at radius 2 is 2.00 bits per heavy atom. The third kappa shape index (κ3) is 2.82. The Balaban J connectivity index is 1.90. The van der Waals surface area contributed by atoms with Crippen molar-refractivity contribution in [2.45, 2.75) is 19.4 Å². The van der Waals surface area contributed by atoms with Crippen LogP contribution in [0, 0.1) is 6.92 Å². The highest BCUT2D eigenvalue weighted by Crippen LogP contribution is 2.19. The van der Waals surface area contributed by atoms with Gasteiger partial charge in [0.2, 0.25) is 0 Å². The number of hydrogen-bond donors (Lipinski definition) is 0. The maximum atomic E-state index is 5.91. The second-order valence-corrected chi connectivity index (χ2v) is 5.34. The van der Waals surface area contributed by atoms with Crippen LogP contribution in [0.5, 0.6) is 0 Å². The minimum Gasteiger partial charge on any atom is -0.409 e. The molecule has 0 N–H and O–H groups in total. The Kier molecular flexibility index (Phi) is 3.99. The van der Waals surface area contributed by atoms with E-state index in [-0.39, 0.29) is 5.88 Å². The van der Waals surface area contributed by atoms with Crippen LogP contribution in [0.1, 0.15) is 17.0 Å². The summed E-state index contributed by atoms with van der Waals surface area (Å²) in [5.41, 5.74) is 3.56. The standard InChI is InChI=1S/C15H13Cl2N3O/c1-10-6-11-4-2-3-5-14(11)20(10)21-9-12-7-15(17)19-18-13(12)8-16/h2-7H,8-9H2,1H3. The molecule has 3 rings (SSSR count). The van der Waals surface area contributed by atoms with Gasteiger partial charge >= 0.3 is 0 Å². The van der Waals surface area contributed by atoms with Gasteiger partial charge in [-0.3, -0.25) is 0 Å². The van der Waals surface area contributed by atoms with E-state index in [9.17, 15) is 0 Å². The maximum Gasteiger partial charge on any atom is 0.152 e. The average molecular weight is 322 g/mol. The van der Waals surface area contributed by atoms with Gasteiger partial charge in [0, 0.05) is 10.9 Å². The third-order valence-electron chi connectivity index (χ3n) is 3.25. The number of benzene rings is 1. The summed E-state index contributed by atoms with van der Waals surface area (Å²) in [7, 11) is 0. The number of halogens is 2. The highest BCUT2D eigenvalue weighted by atomic mass is 35.5. The molecule has 0 aliphatic heterocycles. The van der Waals surface area contributed by atoms with E-state index in [2.05, 4.69) is 22.3 Å². The van der Waals surface area contributed by atoms with Crippen LogP contribution in [0.2, 0.25) is 5.15 Å². The van der Waals surface area contributed by atoms with Crippen molar-refractivity contribution < 1.29 is 4.84 Å². The predicted molar refractivity (Wildman–Crippen MR) is 83.6 cm³/mol. The van der Waals surface area contributed by atoms with Crippen molar-refractivity contribution >= 4 is 34.1 Å². The largest absolute Gasteiger partial charge is 0.409 e. The number of rotatable bonds is 4. The summed E-state index contributed by atoms with van der Waals surface area (Å²) in [6.07, 6.45) is 0. The molecule has 108 valence electrons. The second kappa shape index (κ2) is 5.92. The molecule has 6 heteroatoms. The molecule has 0 atom stereocenters. The lowest BCUT2D eigenvalue weighted by atomic mass is 10.2. The Bertz CT molecular complexity index is 786. The molecule has 0 spiro atoms. The lowest BCUT2D eigenvalue weighted by Crippen LogP contribution is -2.14. The van der Waals surface area contributed by atoms with Crippen molar-refractivity contribution in [3.8, 4) is 0 Å². The van der Waals surface area contributed by atoms with Gasteiger partial charge in [-0.25, -0.2) is 0 Å². The Hall–Kier alpha value is -1.78. The summed E-state index contributed by atoms with van der Waals surface area (Å²) >= 11 is 11.7. The number of alkyl halides is 1. The Morgan fingerprint density at radius 1 is 1.19 bits per heavy atom. The van der Waals surface area contributed by atoms with Crippen molar-refractivity contribution in [1.82, 2.24) is 14.9 Å². The van der Waals surface area contributed by atoms with E-state index in [1.807, 2.05) is 29.9 Å². The molecule has 0 amide bonds. The zero-order valence-corrected chi connectivity index (χ0v) is 12.9. The van der Waals surface area contributed by atoms with E-state index in [1.165, 1.54) is 0 Å². The number of aryl methyl sites for hydroxylation is 1. The molecular formula is C15H13Cl2N3O. The summed E-state index contributed by atoms with van der Waals surface area (Å²) in [5.74, 6) is 0.272. The fraction of sp³-hybridized carbons (Fsp3) is 0.200. The quantitative estimate of drug-likeness (QED) is 0.687. The summed E-state index contributed by atoms with van der Waals surface area (Å²) in [6.45, 7) is 2.33. The molecule has 0 radical (unpaired) electrons. The first-order valence-corrected chi connectivity index (χ1v) is 7.37. The van der Waals surface area contributed by atoms with E-state index >= 15 is 0 Å². The van der Waals surface area contributed by atoms with Crippen molar-refractivity contribution in [3.05, 3.63) is 58.5 Å². The van der Waals surface area contributed by atoms with E-state index in [0.29, 0.717) is 17.5 Å². The predicted octanol–water partition coefficient (Wildman–Crippen LogP) is 3.76. The van der Waals surface area contributed by atoms with Crippen molar-refractivity contribution in [2.75, 3.05) is 0 Å². The summed E-state index contributed by atoms with van der Waals surface area (Å²) in [6, 6.07) is 11.9. The molecule has 0 bridgehead atoms. The molecule has 0 aliphatic rings. The lowest BCUT2D eigenvalue weighted by molar-refractivity contribution is 0.102. The summed E-state index contributed by atoms with van der Waals surface area (Å²) in [5, 5.41) is 9.24. The van der Waals surface area contributed by atoms with Crippen molar-refractivity contribution in [3.63, 3.8) is 0 Å². The van der Waals surface area contributed by atoms with Gasteiger partial charge in [-0.15, -0.1) is 16.7 Å². The fourth-order valence-corrected chi connectivity index (χ4v) is 2.63. The van der Waals surface area contributed by atoms with Crippen LogP contribution in [0.4, 0.5) is 0 Å². The summed E-state index contributed by atoms with van der Waals surface area (Å²) in [4.78, 5) is 5.91. The third-order valence-corrected chi connectivity index (χ3v) is 3.68. The number of aromatic nitrogens is 3. The van der Waals surface area contributed by atoms with Crippen LogP contribution >= 0.6 is 23.2 Å². The number of hydrogen-bond acceptors (Lipinski definition) is 3. The van der Waals surface area contributed by atoms with Crippen LogP contribution in [-0.4, -0.2) is 14.9 Å². The topological polar surface area (TPSA) is 39.9 Å². The number of nitrogens with zero attached hydrogens (tertiary/aromatic N) is 3. The van der Waals surface area contributed by atoms with Crippen molar-refractivity contribution in [1.29, 1.82) is 0 Å². The van der Waals surface area contributed by atoms with Crippen LogP contribution in [-0.2, 0) is 12.5 Å². The smallest absolute Gasteiger partial charge is 0.152 e. The monoisotopic (exact) mass is 321 g/mol. The van der Waals surface area contributed by atoms with Gasteiger partial charge in [0.25, 0.3) is 0 Å². The van der Waals surface area contributed by atoms with Gasteiger partial charge in [-0.05, 0) is 25.1 Å². The fourth-order valence-electron chi connectivity index (χ4n) is 2.24. The minimum atomic E-state index is 0.272. The normalized spacial score (nSPS) is 11.0. The van der Waals surface area contributed by atoms with Gasteiger partial charge in [0.1, 0.15) is 6.61 Å². The Labute approximate surface area is 132 Å². The van der Waals surface area contributed by atoms with Crippen LogP contribution in [0.25, 0.3) is 10.9 Å².